The van der Waals surface area contributed by atoms with Crippen molar-refractivity contribution < 1.29 is 9.53 Å². The Morgan fingerprint density at radius 3 is 2.90 bits per heavy atom. The van der Waals surface area contributed by atoms with E-state index in [4.69, 9.17) is 4.74 Å². The standard InChI is InChI=1S/C17H16BNO2/c1-21-17(20)15-7-4-5-13(11-15)12-18-10-9-14-6-2-3-8-16(14)19-18/h2-11,19H,12H2,1H3. The molecule has 0 bridgehead atoms. The summed E-state index contributed by atoms with van der Waals surface area (Å²) in [5, 5.41) is 3.51. The topological polar surface area (TPSA) is 38.3 Å². The van der Waals surface area contributed by atoms with Gasteiger partial charge in [-0.15, -0.1) is 0 Å². The highest BCUT2D eigenvalue weighted by atomic mass is 16.5. The monoisotopic (exact) mass is 277 g/mol. The number of fused-ring (bicyclic) bond motifs is 1. The van der Waals surface area contributed by atoms with E-state index in [0.29, 0.717) is 5.56 Å². The van der Waals surface area contributed by atoms with Crippen LogP contribution < -0.4 is 5.23 Å². The zero-order valence-electron chi connectivity index (χ0n) is 11.9. The smallest absolute Gasteiger partial charge is 0.337 e. The zero-order valence-corrected chi connectivity index (χ0v) is 11.9. The fourth-order valence-electron chi connectivity index (χ4n) is 2.56. The lowest BCUT2D eigenvalue weighted by Gasteiger charge is -2.19. The maximum atomic E-state index is 11.6. The van der Waals surface area contributed by atoms with Crippen molar-refractivity contribution >= 4 is 24.6 Å². The number of methoxy groups -OCH3 is 1. The van der Waals surface area contributed by atoms with Gasteiger partial charge in [-0.3, -0.25) is 0 Å². The molecule has 0 saturated heterocycles. The van der Waals surface area contributed by atoms with Gasteiger partial charge in [-0.05, 0) is 30.1 Å². The molecule has 0 radical (unpaired) electrons. The summed E-state index contributed by atoms with van der Waals surface area (Å²) in [6.45, 7) is 0.229. The molecule has 1 N–H and O–H groups in total. The van der Waals surface area contributed by atoms with E-state index in [0.717, 1.165) is 17.6 Å². The Balaban J connectivity index is 1.75. The predicted octanol–water partition coefficient (Wildman–Crippen LogP) is 3.22. The molecule has 1 heterocycles. The lowest BCUT2D eigenvalue weighted by Crippen LogP contribution is -2.28. The molecule has 0 saturated carbocycles. The van der Waals surface area contributed by atoms with Crippen LogP contribution in [0.25, 0.3) is 6.08 Å². The van der Waals surface area contributed by atoms with Crippen LogP contribution in [0.3, 0.4) is 0 Å². The number of ether oxygens (including phenoxy) is 1. The molecule has 0 fully saturated rings. The Bertz CT molecular complexity index is 697. The minimum absolute atomic E-state index is 0.229. The number of nitrogens with one attached hydrogen (secondary N) is 1. The lowest BCUT2D eigenvalue weighted by atomic mass is 9.56. The first kappa shape index (κ1) is 13.5. The average Bonchev–Trinajstić information content (AvgIpc) is 2.54. The van der Waals surface area contributed by atoms with Crippen molar-refractivity contribution in [3.8, 4) is 0 Å². The third-order valence-electron chi connectivity index (χ3n) is 3.61. The predicted molar refractivity (Wildman–Crippen MR) is 86.3 cm³/mol. The summed E-state index contributed by atoms with van der Waals surface area (Å²) in [6, 6.07) is 15.8. The van der Waals surface area contributed by atoms with Gasteiger partial charge in [-0.1, -0.05) is 47.9 Å². The summed E-state index contributed by atoms with van der Waals surface area (Å²) < 4.78 is 4.76. The summed E-state index contributed by atoms with van der Waals surface area (Å²) in [5.41, 5.74) is 4.06. The van der Waals surface area contributed by atoms with Gasteiger partial charge >= 0.3 is 5.97 Å². The zero-order chi connectivity index (χ0) is 14.7. The molecule has 3 nitrogen and oxygen atoms in total. The van der Waals surface area contributed by atoms with Gasteiger partial charge in [0.1, 0.15) is 0 Å². The third kappa shape index (κ3) is 3.00. The average molecular weight is 277 g/mol. The summed E-state index contributed by atoms with van der Waals surface area (Å²) in [5.74, 6) is 1.86. The molecule has 21 heavy (non-hydrogen) atoms. The number of hydrogen-bond acceptors (Lipinski definition) is 3. The molecule has 104 valence electrons. The van der Waals surface area contributed by atoms with Gasteiger partial charge < -0.3 is 9.96 Å². The van der Waals surface area contributed by atoms with Gasteiger partial charge in [0, 0.05) is 5.69 Å². The number of para-hydroxylation sites is 1. The third-order valence-corrected chi connectivity index (χ3v) is 3.61. The van der Waals surface area contributed by atoms with Crippen LogP contribution in [0, 0.1) is 0 Å². The SMILES string of the molecule is COC(=O)c1cccc(CB2C=Cc3ccccc3N2)c1. The van der Waals surface area contributed by atoms with Crippen molar-refractivity contribution in [1.29, 1.82) is 0 Å². The highest BCUT2D eigenvalue weighted by Crippen LogP contribution is 2.22. The lowest BCUT2D eigenvalue weighted by molar-refractivity contribution is 0.0600. The Morgan fingerprint density at radius 2 is 2.05 bits per heavy atom. The number of carbonyl (C=O) groups excluding carboxylic acids is 1. The first-order valence-electron chi connectivity index (χ1n) is 6.97. The molecule has 1 aliphatic rings. The molecule has 2 aromatic rings. The summed E-state index contributed by atoms with van der Waals surface area (Å²) in [6.07, 6.45) is 2.97. The molecule has 3 rings (SSSR count). The molecular formula is C17H16BNO2. The van der Waals surface area contributed by atoms with Gasteiger partial charge in [0.2, 0.25) is 0 Å². The van der Waals surface area contributed by atoms with E-state index >= 15 is 0 Å². The fourth-order valence-corrected chi connectivity index (χ4v) is 2.56. The van der Waals surface area contributed by atoms with E-state index in [-0.39, 0.29) is 12.8 Å². The van der Waals surface area contributed by atoms with Crippen LogP contribution in [-0.4, -0.2) is 19.9 Å². The van der Waals surface area contributed by atoms with E-state index < -0.39 is 0 Å². The van der Waals surface area contributed by atoms with Gasteiger partial charge in [0.25, 0.3) is 6.85 Å². The molecular weight excluding hydrogens is 261 g/mol. The highest BCUT2D eigenvalue weighted by Gasteiger charge is 2.17. The number of hydrogen-bond donors (Lipinski definition) is 1. The Labute approximate surface area is 124 Å². The van der Waals surface area contributed by atoms with E-state index in [1.807, 2.05) is 30.3 Å². The van der Waals surface area contributed by atoms with Crippen molar-refractivity contribution in [3.05, 3.63) is 71.2 Å². The maximum absolute atomic E-state index is 11.6. The van der Waals surface area contributed by atoms with E-state index in [1.54, 1.807) is 6.07 Å². The number of benzene rings is 2. The van der Waals surface area contributed by atoms with Crippen LogP contribution in [0.5, 0.6) is 0 Å². The van der Waals surface area contributed by atoms with E-state index in [9.17, 15) is 4.79 Å². The second-order valence-electron chi connectivity index (χ2n) is 5.09. The molecule has 0 aromatic heterocycles. The molecule has 0 spiro atoms. The van der Waals surface area contributed by atoms with Crippen molar-refractivity contribution in [1.82, 2.24) is 0 Å². The minimum atomic E-state index is -0.297. The molecule has 2 aromatic carbocycles. The Morgan fingerprint density at radius 1 is 1.19 bits per heavy atom. The number of anilines is 1. The molecule has 4 heteroatoms. The normalized spacial score (nSPS) is 12.5. The number of carbonyl (C=O) groups is 1. The second kappa shape index (κ2) is 5.88. The van der Waals surface area contributed by atoms with Crippen LogP contribution >= 0.6 is 0 Å². The molecule has 1 aliphatic heterocycles. The molecule has 0 atom stereocenters. The van der Waals surface area contributed by atoms with Crippen molar-refractivity contribution in [3.63, 3.8) is 0 Å². The van der Waals surface area contributed by atoms with Crippen LogP contribution in [0.1, 0.15) is 21.5 Å². The highest BCUT2D eigenvalue weighted by molar-refractivity contribution is 6.68. The largest absolute Gasteiger partial charge is 0.465 e. The van der Waals surface area contributed by atoms with Crippen molar-refractivity contribution in [2.45, 2.75) is 6.32 Å². The first-order chi connectivity index (χ1) is 10.3. The number of rotatable bonds is 3. The summed E-state index contributed by atoms with van der Waals surface area (Å²) in [7, 11) is 1.40. The summed E-state index contributed by atoms with van der Waals surface area (Å²) >= 11 is 0. The van der Waals surface area contributed by atoms with E-state index in [1.165, 1.54) is 12.7 Å². The molecule has 0 aliphatic carbocycles. The van der Waals surface area contributed by atoms with Gasteiger partial charge in [0.05, 0.1) is 12.7 Å². The van der Waals surface area contributed by atoms with Crippen LogP contribution in [0.15, 0.2) is 54.5 Å². The Kier molecular flexibility index (Phi) is 3.78. The summed E-state index contributed by atoms with van der Waals surface area (Å²) in [4.78, 5) is 11.6. The quantitative estimate of drug-likeness (QED) is 0.691. The fraction of sp³-hybridized carbons (Fsp3) is 0.118. The molecule has 0 amide bonds. The second-order valence-corrected chi connectivity index (χ2v) is 5.09. The van der Waals surface area contributed by atoms with Crippen LogP contribution in [0.4, 0.5) is 5.69 Å². The van der Waals surface area contributed by atoms with Gasteiger partial charge in [-0.2, -0.15) is 0 Å². The Hall–Kier alpha value is -2.49. The van der Waals surface area contributed by atoms with E-state index in [2.05, 4.69) is 29.4 Å². The minimum Gasteiger partial charge on any atom is -0.465 e. The van der Waals surface area contributed by atoms with Crippen molar-refractivity contribution in [2.24, 2.45) is 0 Å². The van der Waals surface area contributed by atoms with Crippen molar-refractivity contribution in [2.75, 3.05) is 12.3 Å². The maximum Gasteiger partial charge on any atom is 0.337 e. The molecule has 0 unspecified atom stereocenters. The van der Waals surface area contributed by atoms with Crippen LogP contribution in [-0.2, 0) is 11.1 Å². The van der Waals surface area contributed by atoms with Gasteiger partial charge in [0.15, 0.2) is 0 Å². The van der Waals surface area contributed by atoms with Gasteiger partial charge in [-0.25, -0.2) is 4.79 Å². The van der Waals surface area contributed by atoms with Crippen LogP contribution in [0.2, 0.25) is 0 Å². The first-order valence-corrected chi connectivity index (χ1v) is 6.97. The number of esters is 1.